The Morgan fingerprint density at radius 2 is 1.61 bits per heavy atom. The predicted octanol–water partition coefficient (Wildman–Crippen LogP) is -3.46. The molecule has 9 nitrogen and oxygen atoms in total. The number of aliphatic hydroxyl groups excluding tert-OH is 2. The van der Waals surface area contributed by atoms with Gasteiger partial charge in [0.05, 0.1) is 0 Å². The van der Waals surface area contributed by atoms with Gasteiger partial charge >= 0.3 is 0 Å². The van der Waals surface area contributed by atoms with Crippen LogP contribution in [0.15, 0.2) is 0 Å². The molecule has 18 heavy (non-hydrogen) atoms. The van der Waals surface area contributed by atoms with E-state index in [-0.39, 0.29) is 6.29 Å². The van der Waals surface area contributed by atoms with Crippen molar-refractivity contribution in [3.8, 4) is 0 Å². The van der Waals surface area contributed by atoms with Crippen LogP contribution in [-0.2, 0) is 19.0 Å². The third kappa shape index (κ3) is 2.27. The van der Waals surface area contributed by atoms with E-state index in [1.807, 2.05) is 0 Å². The van der Waals surface area contributed by atoms with Crippen molar-refractivity contribution in [1.29, 1.82) is 0 Å². The van der Waals surface area contributed by atoms with Gasteiger partial charge in [-0.25, -0.2) is 0 Å². The SMILES string of the molecule is CO[C@](O)([C@@](O)(OC)[C@@H](O)C=O)[C@](O)(CO)OC. The summed E-state index contributed by atoms with van der Waals surface area (Å²) in [6.07, 6.45) is -2.43. The van der Waals surface area contributed by atoms with E-state index in [2.05, 4.69) is 14.2 Å². The summed E-state index contributed by atoms with van der Waals surface area (Å²) in [5.41, 5.74) is 0. The summed E-state index contributed by atoms with van der Waals surface area (Å²) in [5, 5.41) is 48.3. The summed E-state index contributed by atoms with van der Waals surface area (Å²) >= 11 is 0. The van der Waals surface area contributed by atoms with E-state index < -0.39 is 30.1 Å². The summed E-state index contributed by atoms with van der Waals surface area (Å²) < 4.78 is 13.4. The Labute approximate surface area is 103 Å². The molecule has 0 aliphatic heterocycles. The van der Waals surface area contributed by atoms with Crippen molar-refractivity contribution in [3.05, 3.63) is 0 Å². The fourth-order valence-corrected chi connectivity index (χ4v) is 1.45. The van der Waals surface area contributed by atoms with Gasteiger partial charge in [-0.3, -0.25) is 0 Å². The summed E-state index contributed by atoms with van der Waals surface area (Å²) in [6.45, 7) is -1.22. The summed E-state index contributed by atoms with van der Waals surface area (Å²) in [6, 6.07) is 0. The second kappa shape index (κ2) is 5.99. The van der Waals surface area contributed by atoms with Gasteiger partial charge in [0, 0.05) is 21.3 Å². The third-order valence-corrected chi connectivity index (χ3v) is 2.70. The lowest BCUT2D eigenvalue weighted by Gasteiger charge is -2.48. The summed E-state index contributed by atoms with van der Waals surface area (Å²) in [7, 11) is 2.56. The van der Waals surface area contributed by atoms with Gasteiger partial charge in [0.25, 0.3) is 17.4 Å². The molecular formula is C9H18O9. The van der Waals surface area contributed by atoms with Gasteiger partial charge in [-0.05, 0) is 0 Å². The topological polar surface area (TPSA) is 146 Å². The monoisotopic (exact) mass is 270 g/mol. The molecule has 0 rings (SSSR count). The minimum atomic E-state index is -3.14. The van der Waals surface area contributed by atoms with Crippen LogP contribution in [0, 0.1) is 0 Å². The molecule has 4 atom stereocenters. The Balaban J connectivity index is 5.82. The van der Waals surface area contributed by atoms with Crippen LogP contribution < -0.4 is 0 Å². The van der Waals surface area contributed by atoms with Crippen molar-refractivity contribution in [1.82, 2.24) is 0 Å². The molecule has 0 saturated carbocycles. The average molecular weight is 270 g/mol. The Morgan fingerprint density at radius 3 is 1.83 bits per heavy atom. The molecule has 0 saturated heterocycles. The van der Waals surface area contributed by atoms with E-state index in [4.69, 9.17) is 5.11 Å². The molecule has 0 aliphatic carbocycles. The molecular weight excluding hydrogens is 252 g/mol. The molecule has 0 spiro atoms. The molecule has 0 heterocycles. The van der Waals surface area contributed by atoms with Crippen LogP contribution >= 0.6 is 0 Å². The van der Waals surface area contributed by atoms with E-state index >= 15 is 0 Å². The van der Waals surface area contributed by atoms with E-state index in [0.29, 0.717) is 0 Å². The molecule has 0 aromatic carbocycles. The molecule has 0 aromatic heterocycles. The highest BCUT2D eigenvalue weighted by Gasteiger charge is 2.68. The van der Waals surface area contributed by atoms with Gasteiger partial charge in [-0.1, -0.05) is 0 Å². The highest BCUT2D eigenvalue weighted by Crippen LogP contribution is 2.37. The fraction of sp³-hybridized carbons (Fsp3) is 0.889. The van der Waals surface area contributed by atoms with Crippen LogP contribution in [-0.4, -0.2) is 83.2 Å². The van der Waals surface area contributed by atoms with Crippen molar-refractivity contribution >= 4 is 6.29 Å². The first kappa shape index (κ1) is 17.4. The first-order valence-corrected chi connectivity index (χ1v) is 4.79. The molecule has 0 fully saturated rings. The Bertz CT molecular complexity index is 279. The van der Waals surface area contributed by atoms with Crippen molar-refractivity contribution in [2.24, 2.45) is 0 Å². The van der Waals surface area contributed by atoms with Crippen LogP contribution in [0.2, 0.25) is 0 Å². The number of aliphatic hydroxyl groups is 5. The normalized spacial score (nSPS) is 23.6. The highest BCUT2D eigenvalue weighted by molar-refractivity contribution is 5.58. The van der Waals surface area contributed by atoms with Crippen LogP contribution in [0.3, 0.4) is 0 Å². The zero-order chi connectivity index (χ0) is 14.6. The van der Waals surface area contributed by atoms with E-state index in [1.54, 1.807) is 0 Å². The maximum atomic E-state index is 10.5. The first-order valence-electron chi connectivity index (χ1n) is 4.79. The molecule has 0 bridgehead atoms. The number of hydrogen-bond acceptors (Lipinski definition) is 9. The second-order valence-electron chi connectivity index (χ2n) is 3.48. The maximum absolute atomic E-state index is 10.5. The van der Waals surface area contributed by atoms with Crippen molar-refractivity contribution in [2.45, 2.75) is 23.5 Å². The molecule has 0 aliphatic rings. The lowest BCUT2D eigenvalue weighted by Crippen LogP contribution is -2.75. The summed E-state index contributed by atoms with van der Waals surface area (Å²) in [4.78, 5) is 10.5. The molecule has 0 unspecified atom stereocenters. The molecule has 9 heteroatoms. The van der Waals surface area contributed by atoms with Crippen LogP contribution in [0.1, 0.15) is 0 Å². The number of ether oxygens (including phenoxy) is 3. The van der Waals surface area contributed by atoms with E-state index in [1.165, 1.54) is 0 Å². The quantitative estimate of drug-likeness (QED) is 0.224. The van der Waals surface area contributed by atoms with Gasteiger partial charge in [-0.2, -0.15) is 0 Å². The maximum Gasteiger partial charge on any atom is 0.282 e. The first-order chi connectivity index (χ1) is 8.22. The standard InChI is InChI=1S/C9H18O9/c1-16-7(13,5-11)9(15,18-3)8(14,17-2)6(12)4-10/h4,6,11-15H,5H2,1-3H3/t6-,7-,8-,9-/m0/s1. The number of aldehydes is 1. The van der Waals surface area contributed by atoms with Crippen LogP contribution in [0.5, 0.6) is 0 Å². The van der Waals surface area contributed by atoms with E-state index in [0.717, 1.165) is 21.3 Å². The Morgan fingerprint density at radius 1 is 1.11 bits per heavy atom. The zero-order valence-electron chi connectivity index (χ0n) is 10.2. The largest absolute Gasteiger partial charge is 0.391 e. The lowest BCUT2D eigenvalue weighted by atomic mass is 9.92. The van der Waals surface area contributed by atoms with Crippen LogP contribution in [0.25, 0.3) is 0 Å². The zero-order valence-corrected chi connectivity index (χ0v) is 10.2. The van der Waals surface area contributed by atoms with Gasteiger partial charge in [-0.15, -0.1) is 0 Å². The van der Waals surface area contributed by atoms with Crippen molar-refractivity contribution in [3.63, 3.8) is 0 Å². The Hall–Kier alpha value is -0.650. The predicted molar refractivity (Wildman–Crippen MR) is 55.0 cm³/mol. The van der Waals surface area contributed by atoms with Gasteiger partial charge in [0.2, 0.25) is 0 Å². The van der Waals surface area contributed by atoms with E-state index in [9.17, 15) is 25.2 Å². The fourth-order valence-electron chi connectivity index (χ4n) is 1.45. The minimum absolute atomic E-state index is 0.152. The molecule has 5 N–H and O–H groups in total. The van der Waals surface area contributed by atoms with Crippen LogP contribution in [0.4, 0.5) is 0 Å². The van der Waals surface area contributed by atoms with Gasteiger partial charge in [0.15, 0.2) is 12.4 Å². The van der Waals surface area contributed by atoms with Crippen molar-refractivity contribution < 1.29 is 44.5 Å². The smallest absolute Gasteiger partial charge is 0.282 e. The second-order valence-corrected chi connectivity index (χ2v) is 3.48. The molecule has 0 radical (unpaired) electrons. The van der Waals surface area contributed by atoms with Gasteiger partial charge in [0.1, 0.15) is 6.61 Å². The lowest BCUT2D eigenvalue weighted by molar-refractivity contribution is -0.477. The molecule has 108 valence electrons. The van der Waals surface area contributed by atoms with Crippen molar-refractivity contribution in [2.75, 3.05) is 27.9 Å². The summed E-state index contributed by atoms with van der Waals surface area (Å²) in [5.74, 6) is -9.06. The third-order valence-electron chi connectivity index (χ3n) is 2.70. The highest BCUT2D eigenvalue weighted by atomic mass is 16.8. The Kier molecular flexibility index (Phi) is 5.78. The number of hydrogen-bond donors (Lipinski definition) is 5. The molecule has 0 amide bonds. The number of carbonyl (C=O) groups is 1. The number of methoxy groups -OCH3 is 3. The van der Waals surface area contributed by atoms with Gasteiger partial charge < -0.3 is 44.5 Å². The number of carbonyl (C=O) groups excluding carboxylic acids is 1. The molecule has 0 aromatic rings. The number of rotatable bonds is 8. The average Bonchev–Trinajstić information content (AvgIpc) is 2.42. The minimum Gasteiger partial charge on any atom is -0.391 e.